The molecule has 0 spiro atoms. The van der Waals surface area contributed by atoms with Gasteiger partial charge < -0.3 is 11.1 Å². The molecule has 0 radical (unpaired) electrons. The van der Waals surface area contributed by atoms with Gasteiger partial charge in [0.25, 0.3) is 0 Å². The first-order valence-electron chi connectivity index (χ1n) is 5.49. The molecule has 0 aliphatic carbocycles. The van der Waals surface area contributed by atoms with Crippen molar-refractivity contribution >= 4 is 11.4 Å². The van der Waals surface area contributed by atoms with E-state index in [9.17, 15) is 4.39 Å². The van der Waals surface area contributed by atoms with Gasteiger partial charge in [0.2, 0.25) is 0 Å². The van der Waals surface area contributed by atoms with Crippen molar-refractivity contribution in [2.24, 2.45) is 0 Å². The zero-order valence-electron chi connectivity index (χ0n) is 9.70. The number of halogens is 1. The lowest BCUT2D eigenvalue weighted by Gasteiger charge is -2.10. The third-order valence-electron chi connectivity index (χ3n) is 2.62. The second-order valence-corrected chi connectivity index (χ2v) is 4.06. The minimum absolute atomic E-state index is 0.210. The Labute approximate surface area is 100 Å². The van der Waals surface area contributed by atoms with Crippen LogP contribution in [-0.2, 0) is 6.54 Å². The highest BCUT2D eigenvalue weighted by Crippen LogP contribution is 2.18. The summed E-state index contributed by atoms with van der Waals surface area (Å²) in [5, 5.41) is 3.26. The molecule has 0 unspecified atom stereocenters. The Hall–Kier alpha value is -2.03. The van der Waals surface area contributed by atoms with Crippen LogP contribution in [-0.4, -0.2) is 0 Å². The van der Waals surface area contributed by atoms with Crippen LogP contribution >= 0.6 is 0 Å². The maximum absolute atomic E-state index is 13.0. The summed E-state index contributed by atoms with van der Waals surface area (Å²) in [7, 11) is 0. The predicted octanol–water partition coefficient (Wildman–Crippen LogP) is 3.33. The molecule has 0 fully saturated rings. The summed E-state index contributed by atoms with van der Waals surface area (Å²) in [5.41, 5.74) is 9.45. The molecule has 0 aliphatic rings. The van der Waals surface area contributed by atoms with Crippen molar-refractivity contribution in [3.05, 3.63) is 59.4 Å². The summed E-state index contributed by atoms with van der Waals surface area (Å²) >= 11 is 0. The molecule has 2 aromatic carbocycles. The first kappa shape index (κ1) is 11.5. The van der Waals surface area contributed by atoms with Crippen molar-refractivity contribution in [3.63, 3.8) is 0 Å². The molecule has 0 saturated carbocycles. The van der Waals surface area contributed by atoms with Crippen LogP contribution in [0.15, 0.2) is 42.5 Å². The molecular weight excluding hydrogens is 215 g/mol. The molecule has 0 amide bonds. The van der Waals surface area contributed by atoms with Crippen LogP contribution < -0.4 is 11.1 Å². The van der Waals surface area contributed by atoms with E-state index in [1.807, 2.05) is 31.2 Å². The summed E-state index contributed by atoms with van der Waals surface area (Å²) in [6, 6.07) is 12.3. The SMILES string of the molecule is Cc1cc(N)ccc1NCc1cccc(F)c1. The maximum atomic E-state index is 13.0. The molecule has 0 bridgehead atoms. The predicted molar refractivity (Wildman–Crippen MR) is 69.3 cm³/mol. The van der Waals surface area contributed by atoms with Crippen LogP contribution in [0.4, 0.5) is 15.8 Å². The van der Waals surface area contributed by atoms with Crippen molar-refractivity contribution in [1.82, 2.24) is 0 Å². The highest BCUT2D eigenvalue weighted by molar-refractivity contribution is 5.57. The van der Waals surface area contributed by atoms with Crippen LogP contribution in [0.2, 0.25) is 0 Å². The van der Waals surface area contributed by atoms with Gasteiger partial charge in [0.05, 0.1) is 0 Å². The number of hydrogen-bond donors (Lipinski definition) is 2. The van der Waals surface area contributed by atoms with Crippen LogP contribution in [0.3, 0.4) is 0 Å². The topological polar surface area (TPSA) is 38.0 Å². The zero-order chi connectivity index (χ0) is 12.3. The van der Waals surface area contributed by atoms with Crippen LogP contribution in [0.1, 0.15) is 11.1 Å². The fourth-order valence-electron chi connectivity index (χ4n) is 1.73. The average molecular weight is 230 g/mol. The first-order chi connectivity index (χ1) is 8.15. The molecular formula is C14H15FN2. The van der Waals surface area contributed by atoms with Gasteiger partial charge in [-0.1, -0.05) is 12.1 Å². The molecule has 3 N–H and O–H groups in total. The average Bonchev–Trinajstić information content (AvgIpc) is 2.28. The van der Waals surface area contributed by atoms with E-state index in [-0.39, 0.29) is 5.82 Å². The van der Waals surface area contributed by atoms with Crippen molar-refractivity contribution in [2.45, 2.75) is 13.5 Å². The van der Waals surface area contributed by atoms with Gasteiger partial charge in [-0.15, -0.1) is 0 Å². The number of aryl methyl sites for hydroxylation is 1. The number of nitrogens with two attached hydrogens (primary N) is 1. The van der Waals surface area contributed by atoms with Crippen molar-refractivity contribution in [2.75, 3.05) is 11.1 Å². The minimum atomic E-state index is -0.210. The van der Waals surface area contributed by atoms with Gasteiger partial charge in [-0.3, -0.25) is 0 Å². The lowest BCUT2D eigenvalue weighted by molar-refractivity contribution is 0.626. The van der Waals surface area contributed by atoms with E-state index in [4.69, 9.17) is 5.73 Å². The standard InChI is InChI=1S/C14H15FN2/c1-10-7-13(16)5-6-14(10)17-9-11-3-2-4-12(15)8-11/h2-8,17H,9,16H2,1H3. The van der Waals surface area contributed by atoms with E-state index < -0.39 is 0 Å². The van der Waals surface area contributed by atoms with E-state index >= 15 is 0 Å². The smallest absolute Gasteiger partial charge is 0.123 e. The molecule has 2 nitrogen and oxygen atoms in total. The van der Waals surface area contributed by atoms with E-state index in [1.165, 1.54) is 12.1 Å². The third-order valence-corrected chi connectivity index (χ3v) is 2.62. The van der Waals surface area contributed by atoms with Crippen molar-refractivity contribution < 1.29 is 4.39 Å². The van der Waals surface area contributed by atoms with Crippen molar-refractivity contribution in [1.29, 1.82) is 0 Å². The molecule has 0 atom stereocenters. The van der Waals surface area contributed by atoms with Gasteiger partial charge in [-0.25, -0.2) is 4.39 Å². The summed E-state index contributed by atoms with van der Waals surface area (Å²) < 4.78 is 13.0. The Morgan fingerprint density at radius 3 is 2.71 bits per heavy atom. The minimum Gasteiger partial charge on any atom is -0.399 e. The molecule has 2 rings (SSSR count). The fraction of sp³-hybridized carbons (Fsp3) is 0.143. The Morgan fingerprint density at radius 2 is 2.00 bits per heavy atom. The van der Waals surface area contributed by atoms with Gasteiger partial charge in [0.1, 0.15) is 5.82 Å². The zero-order valence-corrected chi connectivity index (χ0v) is 9.70. The van der Waals surface area contributed by atoms with Crippen molar-refractivity contribution in [3.8, 4) is 0 Å². The first-order valence-corrected chi connectivity index (χ1v) is 5.49. The highest BCUT2D eigenvalue weighted by atomic mass is 19.1. The van der Waals surface area contributed by atoms with E-state index in [0.717, 1.165) is 22.5 Å². The summed E-state index contributed by atoms with van der Waals surface area (Å²) in [6.07, 6.45) is 0. The van der Waals surface area contributed by atoms with Crippen LogP contribution in [0.5, 0.6) is 0 Å². The van der Waals surface area contributed by atoms with Gasteiger partial charge >= 0.3 is 0 Å². The number of anilines is 2. The molecule has 0 heterocycles. The molecule has 0 aromatic heterocycles. The lowest BCUT2D eigenvalue weighted by atomic mass is 10.1. The number of nitrogen functional groups attached to an aromatic ring is 1. The van der Waals surface area contributed by atoms with Crippen LogP contribution in [0.25, 0.3) is 0 Å². The fourth-order valence-corrected chi connectivity index (χ4v) is 1.73. The Morgan fingerprint density at radius 1 is 1.18 bits per heavy atom. The summed E-state index contributed by atoms with van der Waals surface area (Å²) in [4.78, 5) is 0. The van der Waals surface area contributed by atoms with E-state index in [1.54, 1.807) is 6.07 Å². The summed E-state index contributed by atoms with van der Waals surface area (Å²) in [5.74, 6) is -0.210. The third kappa shape index (κ3) is 2.97. The van der Waals surface area contributed by atoms with E-state index in [0.29, 0.717) is 6.54 Å². The number of rotatable bonds is 3. The Bertz CT molecular complexity index is 523. The number of hydrogen-bond acceptors (Lipinski definition) is 2. The lowest BCUT2D eigenvalue weighted by Crippen LogP contribution is -2.01. The molecule has 2 aromatic rings. The van der Waals surface area contributed by atoms with Gasteiger partial charge in [-0.2, -0.15) is 0 Å². The number of nitrogens with one attached hydrogen (secondary N) is 1. The monoisotopic (exact) mass is 230 g/mol. The molecule has 17 heavy (non-hydrogen) atoms. The molecule has 3 heteroatoms. The Balaban J connectivity index is 2.07. The molecule has 0 saturated heterocycles. The summed E-state index contributed by atoms with van der Waals surface area (Å²) in [6.45, 7) is 2.59. The highest BCUT2D eigenvalue weighted by Gasteiger charge is 1.99. The van der Waals surface area contributed by atoms with Gasteiger partial charge in [-0.05, 0) is 48.4 Å². The van der Waals surface area contributed by atoms with Gasteiger partial charge in [0, 0.05) is 17.9 Å². The van der Waals surface area contributed by atoms with Gasteiger partial charge in [0.15, 0.2) is 0 Å². The molecule has 88 valence electrons. The quantitative estimate of drug-likeness (QED) is 0.794. The largest absolute Gasteiger partial charge is 0.399 e. The number of benzene rings is 2. The van der Waals surface area contributed by atoms with E-state index in [2.05, 4.69) is 5.32 Å². The molecule has 0 aliphatic heterocycles. The maximum Gasteiger partial charge on any atom is 0.123 e. The normalized spacial score (nSPS) is 10.2. The second-order valence-electron chi connectivity index (χ2n) is 4.06. The Kier molecular flexibility index (Phi) is 3.28. The second kappa shape index (κ2) is 4.87. The van der Waals surface area contributed by atoms with Crippen LogP contribution in [0, 0.1) is 12.7 Å².